The molecule has 3 N–H and O–H groups in total. The summed E-state index contributed by atoms with van der Waals surface area (Å²) in [5, 5.41) is 11.0. The number of nitrogens with two attached hydrogens (primary N) is 1. The molecule has 1 aromatic carbocycles. The summed E-state index contributed by atoms with van der Waals surface area (Å²) >= 11 is 0. The second-order valence-corrected chi connectivity index (χ2v) is 3.89. The van der Waals surface area contributed by atoms with Crippen molar-refractivity contribution >= 4 is 5.84 Å². The first kappa shape index (κ1) is 12.9. The molecule has 2 rings (SSSR count). The van der Waals surface area contributed by atoms with Gasteiger partial charge in [0.25, 0.3) is 0 Å². The molecule has 0 radical (unpaired) electrons. The summed E-state index contributed by atoms with van der Waals surface area (Å²) in [4.78, 5) is 11.6. The van der Waals surface area contributed by atoms with Crippen LogP contribution in [-0.4, -0.2) is 15.6 Å². The molecule has 0 fully saturated rings. The van der Waals surface area contributed by atoms with Gasteiger partial charge in [-0.25, -0.2) is 13.5 Å². The van der Waals surface area contributed by atoms with E-state index in [1.165, 1.54) is 13.0 Å². The monoisotopic (exact) mass is 264 g/mol. The van der Waals surface area contributed by atoms with Crippen molar-refractivity contribution in [2.75, 3.05) is 0 Å². The zero-order chi connectivity index (χ0) is 14.2. The molecule has 0 aliphatic rings. The Morgan fingerprint density at radius 1 is 1.37 bits per heavy atom. The smallest absolute Gasteiger partial charge is 0.211 e. The first-order valence-electron chi connectivity index (χ1n) is 5.31. The van der Waals surface area contributed by atoms with Gasteiger partial charge in [0.2, 0.25) is 5.43 Å². The van der Waals surface area contributed by atoms with E-state index >= 15 is 0 Å². The first-order chi connectivity index (χ1) is 8.91. The number of hydrogen-bond acceptors (Lipinski definition) is 3. The van der Waals surface area contributed by atoms with Crippen LogP contribution in [0.2, 0.25) is 0 Å². The largest absolute Gasteiger partial charge is 0.382 e. The van der Waals surface area contributed by atoms with Gasteiger partial charge in [0.15, 0.2) is 17.3 Å². The minimum atomic E-state index is -0.825. The van der Waals surface area contributed by atoms with Crippen molar-refractivity contribution in [3.8, 4) is 5.69 Å². The molecule has 0 amide bonds. The van der Waals surface area contributed by atoms with Crippen molar-refractivity contribution in [2.24, 2.45) is 5.73 Å². The topological polar surface area (TPSA) is 84.8 Å². The molecule has 1 heterocycles. The van der Waals surface area contributed by atoms with Crippen molar-refractivity contribution in [1.82, 2.24) is 9.78 Å². The fourth-order valence-corrected chi connectivity index (χ4v) is 1.65. The highest BCUT2D eigenvalue weighted by Gasteiger charge is 2.15. The van der Waals surface area contributed by atoms with Gasteiger partial charge < -0.3 is 5.73 Å². The van der Waals surface area contributed by atoms with Crippen molar-refractivity contribution < 1.29 is 8.78 Å². The molecule has 0 spiro atoms. The lowest BCUT2D eigenvalue weighted by Gasteiger charge is -2.12. The Bertz CT molecular complexity index is 704. The van der Waals surface area contributed by atoms with Gasteiger partial charge >= 0.3 is 0 Å². The predicted molar refractivity (Wildman–Crippen MR) is 65.5 cm³/mol. The van der Waals surface area contributed by atoms with Crippen molar-refractivity contribution in [3.05, 3.63) is 57.5 Å². The SMILES string of the molecule is Cc1cc(=O)c(C(=N)N)nn1-c1c(F)cccc1F. The molecule has 0 aliphatic carbocycles. The van der Waals surface area contributed by atoms with Crippen LogP contribution in [0.1, 0.15) is 11.4 Å². The van der Waals surface area contributed by atoms with Crippen LogP contribution in [0.15, 0.2) is 29.1 Å². The van der Waals surface area contributed by atoms with E-state index in [9.17, 15) is 13.6 Å². The maximum atomic E-state index is 13.7. The van der Waals surface area contributed by atoms with Crippen LogP contribution in [0, 0.1) is 24.0 Å². The van der Waals surface area contributed by atoms with E-state index in [4.69, 9.17) is 11.1 Å². The number of hydrogen-bond donors (Lipinski definition) is 2. The lowest BCUT2D eigenvalue weighted by molar-refractivity contribution is 0.553. The number of amidine groups is 1. The Morgan fingerprint density at radius 3 is 2.47 bits per heavy atom. The summed E-state index contributed by atoms with van der Waals surface area (Å²) in [6.45, 7) is 1.48. The molecule has 7 heteroatoms. The summed E-state index contributed by atoms with van der Waals surface area (Å²) in [5.74, 6) is -2.21. The lowest BCUT2D eigenvalue weighted by atomic mass is 10.2. The van der Waals surface area contributed by atoms with Crippen molar-refractivity contribution in [3.63, 3.8) is 0 Å². The molecule has 1 aromatic heterocycles. The van der Waals surface area contributed by atoms with E-state index in [1.807, 2.05) is 0 Å². The average Bonchev–Trinajstić information content (AvgIpc) is 2.30. The number of para-hydroxylation sites is 1. The number of nitrogen functional groups attached to an aromatic ring is 1. The van der Waals surface area contributed by atoms with E-state index in [2.05, 4.69) is 5.10 Å². The van der Waals surface area contributed by atoms with Gasteiger partial charge in [-0.05, 0) is 19.1 Å². The van der Waals surface area contributed by atoms with Crippen molar-refractivity contribution in [1.29, 1.82) is 5.41 Å². The van der Waals surface area contributed by atoms with Gasteiger partial charge in [-0.2, -0.15) is 5.10 Å². The molecule has 19 heavy (non-hydrogen) atoms. The number of nitrogens with one attached hydrogen (secondary N) is 1. The second kappa shape index (κ2) is 4.60. The zero-order valence-corrected chi connectivity index (χ0v) is 9.95. The molecular formula is C12H10F2N4O. The first-order valence-corrected chi connectivity index (χ1v) is 5.31. The normalized spacial score (nSPS) is 10.5. The number of benzene rings is 1. The highest BCUT2D eigenvalue weighted by Crippen LogP contribution is 2.17. The predicted octanol–water partition coefficient (Wildman–Crippen LogP) is 1.10. The van der Waals surface area contributed by atoms with E-state index in [1.54, 1.807) is 0 Å². The van der Waals surface area contributed by atoms with Crippen LogP contribution in [0.3, 0.4) is 0 Å². The van der Waals surface area contributed by atoms with Crippen LogP contribution in [0.25, 0.3) is 5.69 Å². The van der Waals surface area contributed by atoms with Gasteiger partial charge in [0.1, 0.15) is 11.5 Å². The molecular weight excluding hydrogens is 254 g/mol. The number of rotatable bonds is 2. The minimum absolute atomic E-state index is 0.235. The number of nitrogens with zero attached hydrogens (tertiary/aromatic N) is 2. The molecule has 98 valence electrons. The summed E-state index contributed by atoms with van der Waals surface area (Å²) < 4.78 is 28.3. The molecule has 0 saturated heterocycles. The zero-order valence-electron chi connectivity index (χ0n) is 9.95. The van der Waals surface area contributed by atoms with E-state index < -0.39 is 28.6 Å². The highest BCUT2D eigenvalue weighted by atomic mass is 19.1. The summed E-state index contributed by atoms with van der Waals surface area (Å²) in [5.41, 5.74) is 4.10. The van der Waals surface area contributed by atoms with Gasteiger partial charge in [0.05, 0.1) is 0 Å². The number of halogens is 2. The van der Waals surface area contributed by atoms with Crippen LogP contribution in [0.5, 0.6) is 0 Å². The fourth-order valence-electron chi connectivity index (χ4n) is 1.65. The lowest BCUT2D eigenvalue weighted by Crippen LogP contribution is -2.27. The summed E-state index contributed by atoms with van der Waals surface area (Å²) in [6.07, 6.45) is 0. The molecule has 5 nitrogen and oxygen atoms in total. The molecule has 0 bridgehead atoms. The Balaban J connectivity index is 2.80. The van der Waals surface area contributed by atoms with Gasteiger partial charge in [-0.3, -0.25) is 10.2 Å². The summed E-state index contributed by atoms with van der Waals surface area (Å²) in [7, 11) is 0. The summed E-state index contributed by atoms with van der Waals surface area (Å²) in [6, 6.07) is 4.49. The minimum Gasteiger partial charge on any atom is -0.382 e. The maximum absolute atomic E-state index is 13.7. The Hall–Kier alpha value is -2.57. The quantitative estimate of drug-likeness (QED) is 0.629. The molecule has 0 aliphatic heterocycles. The molecule has 0 atom stereocenters. The van der Waals surface area contributed by atoms with Crippen LogP contribution in [0.4, 0.5) is 8.78 Å². The third kappa shape index (κ3) is 2.22. The average molecular weight is 264 g/mol. The molecule has 0 saturated carbocycles. The van der Waals surface area contributed by atoms with Gasteiger partial charge in [0, 0.05) is 11.8 Å². The van der Waals surface area contributed by atoms with Gasteiger partial charge in [-0.15, -0.1) is 0 Å². The fraction of sp³-hybridized carbons (Fsp3) is 0.0833. The molecule has 0 unspecified atom stereocenters. The van der Waals surface area contributed by atoms with E-state index in [-0.39, 0.29) is 11.4 Å². The van der Waals surface area contributed by atoms with Crippen LogP contribution < -0.4 is 11.2 Å². The Labute approximate surface area is 106 Å². The van der Waals surface area contributed by atoms with Crippen LogP contribution >= 0.6 is 0 Å². The standard InChI is InChI=1S/C12H10F2N4O/c1-6-5-9(19)10(12(15)16)17-18(6)11-7(13)3-2-4-8(11)14/h2-5H,1H3,(H3,15,16). The number of aromatic nitrogens is 2. The third-order valence-electron chi connectivity index (χ3n) is 2.51. The second-order valence-electron chi connectivity index (χ2n) is 3.89. The number of aryl methyl sites for hydroxylation is 1. The van der Waals surface area contributed by atoms with E-state index in [0.717, 1.165) is 22.9 Å². The highest BCUT2D eigenvalue weighted by molar-refractivity contribution is 5.92. The third-order valence-corrected chi connectivity index (χ3v) is 2.51. The maximum Gasteiger partial charge on any atom is 0.211 e. The van der Waals surface area contributed by atoms with Crippen LogP contribution in [-0.2, 0) is 0 Å². The van der Waals surface area contributed by atoms with E-state index in [0.29, 0.717) is 0 Å². The van der Waals surface area contributed by atoms with Gasteiger partial charge in [-0.1, -0.05) is 6.07 Å². The Kier molecular flexibility index (Phi) is 3.12. The van der Waals surface area contributed by atoms with Crippen molar-refractivity contribution in [2.45, 2.75) is 6.92 Å². The Morgan fingerprint density at radius 2 is 1.95 bits per heavy atom. The molecule has 2 aromatic rings.